The first kappa shape index (κ1) is 17.2. The Balaban J connectivity index is 1.57. The lowest BCUT2D eigenvalue weighted by Crippen LogP contribution is -2.36. The minimum Gasteiger partial charge on any atom is -0.356 e. The molecule has 2 aromatic heterocycles. The van der Waals surface area contributed by atoms with Crippen molar-refractivity contribution in [1.29, 1.82) is 0 Å². The Morgan fingerprint density at radius 3 is 2.73 bits per heavy atom. The number of rotatable bonds is 5. The smallest absolute Gasteiger partial charge is 0.227 e. The number of nitrogens with zero attached hydrogens (tertiary/aromatic N) is 7. The predicted octanol–water partition coefficient (Wildman–Crippen LogP) is 2.94. The molecule has 3 heterocycles. The molecule has 2 fully saturated rings. The van der Waals surface area contributed by atoms with Gasteiger partial charge in [0.05, 0.1) is 0 Å². The number of aryl methyl sites for hydroxylation is 1. The lowest BCUT2D eigenvalue weighted by Gasteiger charge is -2.34. The van der Waals surface area contributed by atoms with Gasteiger partial charge in [0.25, 0.3) is 0 Å². The highest BCUT2D eigenvalue weighted by molar-refractivity contribution is 5.46. The van der Waals surface area contributed by atoms with Gasteiger partial charge >= 0.3 is 0 Å². The fraction of sp³-hybridized carbons (Fsp3) is 0.684. The zero-order valence-corrected chi connectivity index (χ0v) is 16.3. The molecule has 0 aromatic carbocycles. The van der Waals surface area contributed by atoms with Crippen molar-refractivity contribution < 1.29 is 0 Å². The lowest BCUT2D eigenvalue weighted by molar-refractivity contribution is 0.469. The van der Waals surface area contributed by atoms with Crippen LogP contribution in [0.25, 0.3) is 0 Å². The van der Waals surface area contributed by atoms with Gasteiger partial charge < -0.3 is 14.4 Å². The van der Waals surface area contributed by atoms with Gasteiger partial charge in [-0.25, -0.2) is 4.98 Å². The molecule has 0 amide bonds. The van der Waals surface area contributed by atoms with Crippen molar-refractivity contribution in [2.45, 2.75) is 64.5 Å². The van der Waals surface area contributed by atoms with Gasteiger partial charge in [0.1, 0.15) is 18.0 Å². The van der Waals surface area contributed by atoms with E-state index in [4.69, 9.17) is 4.98 Å². The van der Waals surface area contributed by atoms with Crippen molar-refractivity contribution in [2.75, 3.05) is 29.9 Å². The summed E-state index contributed by atoms with van der Waals surface area (Å²) in [5.41, 5.74) is 1.01. The molecule has 1 saturated carbocycles. The molecule has 1 aliphatic carbocycles. The van der Waals surface area contributed by atoms with Gasteiger partial charge in [0.15, 0.2) is 0 Å². The molecule has 0 bridgehead atoms. The highest BCUT2D eigenvalue weighted by Crippen LogP contribution is 2.38. The fourth-order valence-electron chi connectivity index (χ4n) is 3.66. The third-order valence-corrected chi connectivity index (χ3v) is 5.57. The van der Waals surface area contributed by atoms with Gasteiger partial charge in [-0.3, -0.25) is 0 Å². The SMILES string of the molecule is Cc1cc(N2CCCC(c3nncn3C3CC3)C2)nc(N(C)C(C)C)n1. The van der Waals surface area contributed by atoms with Crippen LogP contribution in [0.4, 0.5) is 11.8 Å². The van der Waals surface area contributed by atoms with E-state index in [2.05, 4.69) is 56.5 Å². The predicted molar refractivity (Wildman–Crippen MR) is 103 cm³/mol. The monoisotopic (exact) mass is 355 g/mol. The highest BCUT2D eigenvalue weighted by atomic mass is 15.3. The van der Waals surface area contributed by atoms with Crippen LogP contribution in [0.2, 0.25) is 0 Å². The third kappa shape index (κ3) is 3.39. The van der Waals surface area contributed by atoms with E-state index in [1.165, 1.54) is 19.3 Å². The average Bonchev–Trinajstić information content (AvgIpc) is 3.37. The quantitative estimate of drug-likeness (QED) is 0.822. The third-order valence-electron chi connectivity index (χ3n) is 5.57. The molecule has 0 radical (unpaired) electrons. The summed E-state index contributed by atoms with van der Waals surface area (Å²) in [5, 5.41) is 8.65. The summed E-state index contributed by atoms with van der Waals surface area (Å²) in [6, 6.07) is 3.10. The molecule has 7 heteroatoms. The number of aromatic nitrogens is 5. The molecule has 4 rings (SSSR count). The Kier molecular flexibility index (Phi) is 4.54. The van der Waals surface area contributed by atoms with Crippen LogP contribution in [0.3, 0.4) is 0 Å². The second-order valence-corrected chi connectivity index (χ2v) is 7.98. The van der Waals surface area contributed by atoms with Crippen LogP contribution in [0.1, 0.15) is 63.0 Å². The number of piperidine rings is 1. The summed E-state index contributed by atoms with van der Waals surface area (Å²) in [6.45, 7) is 8.36. The van der Waals surface area contributed by atoms with Crippen LogP contribution >= 0.6 is 0 Å². The molecule has 2 aliphatic rings. The van der Waals surface area contributed by atoms with E-state index in [9.17, 15) is 0 Å². The normalized spacial score (nSPS) is 20.7. The van der Waals surface area contributed by atoms with Crippen LogP contribution in [-0.2, 0) is 0 Å². The maximum absolute atomic E-state index is 4.86. The molecule has 0 N–H and O–H groups in total. The van der Waals surface area contributed by atoms with Crippen LogP contribution in [-0.4, -0.2) is 50.9 Å². The molecule has 0 spiro atoms. The van der Waals surface area contributed by atoms with Gasteiger partial charge in [0.2, 0.25) is 5.95 Å². The number of hydrogen-bond acceptors (Lipinski definition) is 6. The van der Waals surface area contributed by atoms with E-state index in [0.717, 1.165) is 42.8 Å². The van der Waals surface area contributed by atoms with E-state index in [1.807, 2.05) is 13.3 Å². The van der Waals surface area contributed by atoms with Crippen molar-refractivity contribution in [1.82, 2.24) is 24.7 Å². The Morgan fingerprint density at radius 2 is 2.00 bits per heavy atom. The summed E-state index contributed by atoms with van der Waals surface area (Å²) >= 11 is 0. The van der Waals surface area contributed by atoms with Gasteiger partial charge in [-0.05, 0) is 46.5 Å². The van der Waals surface area contributed by atoms with E-state index in [1.54, 1.807) is 0 Å². The van der Waals surface area contributed by atoms with Gasteiger partial charge in [-0.15, -0.1) is 10.2 Å². The first-order valence-corrected chi connectivity index (χ1v) is 9.76. The summed E-state index contributed by atoms with van der Waals surface area (Å²) in [5.74, 6) is 3.41. The Hall–Kier alpha value is -2.18. The number of anilines is 2. The van der Waals surface area contributed by atoms with Crippen molar-refractivity contribution >= 4 is 11.8 Å². The van der Waals surface area contributed by atoms with Gasteiger partial charge in [-0.1, -0.05) is 0 Å². The van der Waals surface area contributed by atoms with E-state index >= 15 is 0 Å². The maximum atomic E-state index is 4.86. The van der Waals surface area contributed by atoms with Crippen molar-refractivity contribution in [3.05, 3.63) is 23.9 Å². The molecule has 7 nitrogen and oxygen atoms in total. The summed E-state index contributed by atoms with van der Waals surface area (Å²) in [7, 11) is 2.06. The second kappa shape index (κ2) is 6.85. The van der Waals surface area contributed by atoms with E-state index in [0.29, 0.717) is 18.0 Å². The van der Waals surface area contributed by atoms with Crippen molar-refractivity contribution in [3.8, 4) is 0 Å². The first-order chi connectivity index (χ1) is 12.5. The van der Waals surface area contributed by atoms with Crippen LogP contribution in [0.15, 0.2) is 12.4 Å². The zero-order chi connectivity index (χ0) is 18.3. The molecule has 1 saturated heterocycles. The summed E-state index contributed by atoms with van der Waals surface area (Å²) in [4.78, 5) is 14.0. The molecule has 2 aromatic rings. The first-order valence-electron chi connectivity index (χ1n) is 9.76. The van der Waals surface area contributed by atoms with Crippen molar-refractivity contribution in [2.24, 2.45) is 0 Å². The zero-order valence-electron chi connectivity index (χ0n) is 16.3. The minimum absolute atomic E-state index is 0.371. The minimum atomic E-state index is 0.371. The highest BCUT2D eigenvalue weighted by Gasteiger charge is 2.32. The Morgan fingerprint density at radius 1 is 1.19 bits per heavy atom. The average molecular weight is 355 g/mol. The van der Waals surface area contributed by atoms with Crippen LogP contribution < -0.4 is 9.80 Å². The molecule has 26 heavy (non-hydrogen) atoms. The van der Waals surface area contributed by atoms with Gasteiger partial charge in [-0.2, -0.15) is 4.98 Å². The molecule has 1 unspecified atom stereocenters. The van der Waals surface area contributed by atoms with Crippen LogP contribution in [0, 0.1) is 6.92 Å². The Labute approximate surface area is 155 Å². The molecular formula is C19H29N7. The molecule has 140 valence electrons. The van der Waals surface area contributed by atoms with Crippen molar-refractivity contribution in [3.63, 3.8) is 0 Å². The van der Waals surface area contributed by atoms with Gasteiger partial charge in [0, 0.05) is 49.9 Å². The van der Waals surface area contributed by atoms with Crippen LogP contribution in [0.5, 0.6) is 0 Å². The summed E-state index contributed by atoms with van der Waals surface area (Å²) < 4.78 is 2.30. The molecular weight excluding hydrogens is 326 g/mol. The fourth-order valence-corrected chi connectivity index (χ4v) is 3.66. The van der Waals surface area contributed by atoms with E-state index < -0.39 is 0 Å². The topological polar surface area (TPSA) is 63.0 Å². The largest absolute Gasteiger partial charge is 0.356 e. The second-order valence-electron chi connectivity index (χ2n) is 7.98. The molecule has 1 atom stereocenters. The maximum Gasteiger partial charge on any atom is 0.227 e. The molecule has 1 aliphatic heterocycles. The summed E-state index contributed by atoms with van der Waals surface area (Å²) in [6.07, 6.45) is 6.76. The standard InChI is InChI=1S/C19H29N7/c1-13(2)24(4)19-21-14(3)10-17(22-19)25-9-5-6-15(11-25)18-23-20-12-26(18)16-7-8-16/h10,12-13,15-16H,5-9,11H2,1-4H3. The number of hydrogen-bond donors (Lipinski definition) is 0. The Bertz CT molecular complexity index is 765. The van der Waals surface area contributed by atoms with E-state index in [-0.39, 0.29) is 0 Å². The lowest BCUT2D eigenvalue weighted by atomic mass is 9.97.